The van der Waals surface area contributed by atoms with Crippen LogP contribution in [0.3, 0.4) is 0 Å². The van der Waals surface area contributed by atoms with Crippen LogP contribution in [0, 0.1) is 0 Å². The number of benzene rings is 1. The summed E-state index contributed by atoms with van der Waals surface area (Å²) in [5, 5.41) is 0. The van der Waals surface area contributed by atoms with Crippen molar-refractivity contribution in [3.63, 3.8) is 0 Å². The molecule has 0 saturated carbocycles. The van der Waals surface area contributed by atoms with E-state index in [1.54, 1.807) is 0 Å². The fourth-order valence-electron chi connectivity index (χ4n) is 2.04. The Morgan fingerprint density at radius 2 is 2.25 bits per heavy atom. The summed E-state index contributed by atoms with van der Waals surface area (Å²) in [5.74, 6) is 0. The molecule has 3 heteroatoms. The molecule has 0 N–H and O–H groups in total. The molecule has 0 aliphatic carbocycles. The van der Waals surface area contributed by atoms with E-state index in [0.29, 0.717) is 0 Å². The zero-order valence-electron chi connectivity index (χ0n) is 9.87. The first-order chi connectivity index (χ1) is 7.58. The van der Waals surface area contributed by atoms with Crippen LogP contribution in [0.15, 0.2) is 28.7 Å². The summed E-state index contributed by atoms with van der Waals surface area (Å²) >= 11 is 3.51. The lowest BCUT2D eigenvalue weighted by atomic mass is 10.0. The second-order valence-corrected chi connectivity index (χ2v) is 5.83. The molecule has 1 heterocycles. The molecule has 0 amide bonds. The van der Waals surface area contributed by atoms with E-state index in [-0.39, 0.29) is 5.54 Å². The Labute approximate surface area is 106 Å². The van der Waals surface area contributed by atoms with E-state index in [1.165, 1.54) is 5.56 Å². The molecule has 16 heavy (non-hydrogen) atoms. The molecule has 1 aliphatic heterocycles. The van der Waals surface area contributed by atoms with Crippen molar-refractivity contribution in [2.75, 3.05) is 19.8 Å². The van der Waals surface area contributed by atoms with E-state index in [4.69, 9.17) is 4.74 Å². The van der Waals surface area contributed by atoms with Crippen LogP contribution in [-0.4, -0.2) is 30.2 Å². The standard InChI is InChI=1S/C13H18BrNO/c1-13(2)10-16-7-6-15(13)9-11-4-3-5-12(14)8-11/h3-5,8H,6-7,9-10H2,1-2H3. The minimum atomic E-state index is 0.139. The fourth-order valence-corrected chi connectivity index (χ4v) is 2.49. The van der Waals surface area contributed by atoms with Crippen LogP contribution in [-0.2, 0) is 11.3 Å². The number of ether oxygens (including phenoxy) is 1. The highest BCUT2D eigenvalue weighted by molar-refractivity contribution is 9.10. The van der Waals surface area contributed by atoms with E-state index < -0.39 is 0 Å². The first-order valence-electron chi connectivity index (χ1n) is 5.65. The van der Waals surface area contributed by atoms with Gasteiger partial charge in [0.05, 0.1) is 13.2 Å². The van der Waals surface area contributed by atoms with Crippen LogP contribution < -0.4 is 0 Å². The minimum absolute atomic E-state index is 0.139. The lowest BCUT2D eigenvalue weighted by molar-refractivity contribution is -0.0552. The molecule has 0 aromatic heterocycles. The predicted octanol–water partition coefficient (Wildman–Crippen LogP) is 3.06. The van der Waals surface area contributed by atoms with E-state index in [1.807, 2.05) is 0 Å². The number of morpholine rings is 1. The molecule has 0 bridgehead atoms. The molecule has 1 aromatic rings. The van der Waals surface area contributed by atoms with Crippen molar-refractivity contribution in [2.24, 2.45) is 0 Å². The molecule has 2 nitrogen and oxygen atoms in total. The average molecular weight is 284 g/mol. The van der Waals surface area contributed by atoms with Gasteiger partial charge in [0.25, 0.3) is 0 Å². The molecule has 0 radical (unpaired) electrons. The summed E-state index contributed by atoms with van der Waals surface area (Å²) < 4.78 is 6.67. The Morgan fingerprint density at radius 3 is 2.94 bits per heavy atom. The van der Waals surface area contributed by atoms with Gasteiger partial charge < -0.3 is 4.74 Å². The maximum absolute atomic E-state index is 5.53. The summed E-state index contributed by atoms with van der Waals surface area (Å²) in [6.45, 7) is 8.15. The van der Waals surface area contributed by atoms with Crippen molar-refractivity contribution in [3.05, 3.63) is 34.3 Å². The third-order valence-corrected chi connectivity index (χ3v) is 3.57. The third-order valence-electron chi connectivity index (χ3n) is 3.08. The first kappa shape index (κ1) is 12.1. The van der Waals surface area contributed by atoms with Gasteiger partial charge in [0, 0.05) is 23.1 Å². The molecule has 1 aliphatic rings. The minimum Gasteiger partial charge on any atom is -0.378 e. The van der Waals surface area contributed by atoms with Crippen LogP contribution in [0.4, 0.5) is 0 Å². The Bertz CT molecular complexity index is 365. The van der Waals surface area contributed by atoms with Crippen molar-refractivity contribution in [1.29, 1.82) is 0 Å². The summed E-state index contributed by atoms with van der Waals surface area (Å²) in [5.41, 5.74) is 1.49. The van der Waals surface area contributed by atoms with E-state index in [2.05, 4.69) is 58.9 Å². The monoisotopic (exact) mass is 283 g/mol. The fraction of sp³-hybridized carbons (Fsp3) is 0.538. The summed E-state index contributed by atoms with van der Waals surface area (Å²) in [6, 6.07) is 8.52. The second-order valence-electron chi connectivity index (χ2n) is 4.92. The zero-order valence-corrected chi connectivity index (χ0v) is 11.5. The van der Waals surface area contributed by atoms with Gasteiger partial charge in [0.2, 0.25) is 0 Å². The number of halogens is 1. The SMILES string of the molecule is CC1(C)COCCN1Cc1cccc(Br)c1. The molecule has 1 aromatic carbocycles. The third kappa shape index (κ3) is 2.84. The number of hydrogen-bond acceptors (Lipinski definition) is 2. The Morgan fingerprint density at radius 1 is 1.44 bits per heavy atom. The van der Waals surface area contributed by atoms with Crippen LogP contribution in [0.2, 0.25) is 0 Å². The van der Waals surface area contributed by atoms with Crippen molar-refractivity contribution in [1.82, 2.24) is 4.90 Å². The first-order valence-corrected chi connectivity index (χ1v) is 6.44. The van der Waals surface area contributed by atoms with E-state index >= 15 is 0 Å². The molecule has 0 spiro atoms. The summed E-state index contributed by atoms with van der Waals surface area (Å²) in [6.07, 6.45) is 0. The molecular formula is C13H18BrNO. The lowest BCUT2D eigenvalue weighted by Crippen LogP contribution is -2.52. The van der Waals surface area contributed by atoms with Gasteiger partial charge in [-0.3, -0.25) is 4.90 Å². The Kier molecular flexibility index (Phi) is 3.67. The van der Waals surface area contributed by atoms with Crippen molar-refractivity contribution < 1.29 is 4.74 Å². The lowest BCUT2D eigenvalue weighted by Gasteiger charge is -2.42. The topological polar surface area (TPSA) is 12.5 Å². The highest BCUT2D eigenvalue weighted by Crippen LogP contribution is 2.22. The van der Waals surface area contributed by atoms with Crippen molar-refractivity contribution in [2.45, 2.75) is 25.9 Å². The Hall–Kier alpha value is -0.380. The largest absolute Gasteiger partial charge is 0.378 e. The highest BCUT2D eigenvalue weighted by atomic mass is 79.9. The molecule has 2 rings (SSSR count). The van der Waals surface area contributed by atoms with E-state index in [0.717, 1.165) is 30.8 Å². The molecule has 88 valence electrons. The average Bonchev–Trinajstić information content (AvgIpc) is 2.21. The second kappa shape index (κ2) is 4.86. The molecule has 1 fully saturated rings. The quantitative estimate of drug-likeness (QED) is 0.827. The van der Waals surface area contributed by atoms with Gasteiger partial charge in [-0.25, -0.2) is 0 Å². The highest BCUT2D eigenvalue weighted by Gasteiger charge is 2.30. The normalized spacial score (nSPS) is 20.9. The Balaban J connectivity index is 2.08. The number of hydrogen-bond donors (Lipinski definition) is 0. The van der Waals surface area contributed by atoms with Crippen LogP contribution in [0.25, 0.3) is 0 Å². The molecule has 0 atom stereocenters. The van der Waals surface area contributed by atoms with Gasteiger partial charge in [-0.2, -0.15) is 0 Å². The van der Waals surface area contributed by atoms with Crippen molar-refractivity contribution >= 4 is 15.9 Å². The van der Waals surface area contributed by atoms with Crippen LogP contribution in [0.5, 0.6) is 0 Å². The van der Waals surface area contributed by atoms with Crippen molar-refractivity contribution in [3.8, 4) is 0 Å². The smallest absolute Gasteiger partial charge is 0.0645 e. The van der Waals surface area contributed by atoms with Gasteiger partial charge in [0.15, 0.2) is 0 Å². The predicted molar refractivity (Wildman–Crippen MR) is 69.5 cm³/mol. The van der Waals surface area contributed by atoms with Gasteiger partial charge in [-0.1, -0.05) is 28.1 Å². The number of nitrogens with zero attached hydrogens (tertiary/aromatic N) is 1. The maximum Gasteiger partial charge on any atom is 0.0645 e. The van der Waals surface area contributed by atoms with Gasteiger partial charge in [-0.15, -0.1) is 0 Å². The molecule has 1 saturated heterocycles. The zero-order chi connectivity index (χ0) is 11.6. The maximum atomic E-state index is 5.53. The summed E-state index contributed by atoms with van der Waals surface area (Å²) in [7, 11) is 0. The molecule has 0 unspecified atom stereocenters. The molecular weight excluding hydrogens is 266 g/mol. The van der Waals surface area contributed by atoms with E-state index in [9.17, 15) is 0 Å². The van der Waals surface area contributed by atoms with Crippen LogP contribution >= 0.6 is 15.9 Å². The summed E-state index contributed by atoms with van der Waals surface area (Å²) in [4.78, 5) is 2.48. The van der Waals surface area contributed by atoms with Gasteiger partial charge in [0.1, 0.15) is 0 Å². The van der Waals surface area contributed by atoms with Gasteiger partial charge in [-0.05, 0) is 31.5 Å². The van der Waals surface area contributed by atoms with Gasteiger partial charge >= 0.3 is 0 Å². The van der Waals surface area contributed by atoms with Crippen LogP contribution in [0.1, 0.15) is 19.4 Å². The number of rotatable bonds is 2.